The lowest BCUT2D eigenvalue weighted by Crippen LogP contribution is -2.44. The molecule has 1 aliphatic heterocycles. The second-order valence-corrected chi connectivity index (χ2v) is 8.35. The molecule has 0 amide bonds. The van der Waals surface area contributed by atoms with Crippen LogP contribution in [0.2, 0.25) is 0 Å². The first kappa shape index (κ1) is 15.0. The first-order chi connectivity index (χ1) is 9.00. The van der Waals surface area contributed by atoms with Crippen molar-refractivity contribution in [2.45, 2.75) is 39.0 Å². The fourth-order valence-electron chi connectivity index (χ4n) is 3.29. The Morgan fingerprint density at radius 2 is 1.95 bits per heavy atom. The van der Waals surface area contributed by atoms with E-state index in [1.54, 1.807) is 0 Å². The summed E-state index contributed by atoms with van der Waals surface area (Å²) >= 11 is 0. The lowest BCUT2D eigenvalue weighted by atomic mass is 9.78. The number of nitrogens with zero attached hydrogens (tertiary/aromatic N) is 1. The Labute approximate surface area is 116 Å². The maximum absolute atomic E-state index is 12.0. The average molecular weight is 287 g/mol. The van der Waals surface area contributed by atoms with Crippen LogP contribution in [0.25, 0.3) is 0 Å². The molecular formula is C14H25NO3S. The van der Waals surface area contributed by atoms with Crippen LogP contribution in [-0.4, -0.2) is 50.2 Å². The molecule has 2 fully saturated rings. The van der Waals surface area contributed by atoms with Crippen molar-refractivity contribution in [3.05, 3.63) is 0 Å². The van der Waals surface area contributed by atoms with Crippen LogP contribution in [0.15, 0.2) is 0 Å². The minimum atomic E-state index is -2.82. The maximum atomic E-state index is 12.0. The molecule has 1 saturated heterocycles. The van der Waals surface area contributed by atoms with Gasteiger partial charge in [0.1, 0.15) is 5.78 Å². The van der Waals surface area contributed by atoms with Gasteiger partial charge in [-0.2, -0.15) is 0 Å². The molecule has 1 heterocycles. The quantitative estimate of drug-likeness (QED) is 0.786. The molecule has 2 unspecified atom stereocenters. The van der Waals surface area contributed by atoms with Crippen molar-refractivity contribution in [2.75, 3.05) is 31.1 Å². The summed E-state index contributed by atoms with van der Waals surface area (Å²) in [5.41, 5.74) is 0. The monoisotopic (exact) mass is 287 g/mol. The molecule has 2 rings (SSSR count). The zero-order chi connectivity index (χ0) is 13.9. The molecular weight excluding hydrogens is 262 g/mol. The predicted molar refractivity (Wildman–Crippen MR) is 75.8 cm³/mol. The van der Waals surface area contributed by atoms with Gasteiger partial charge < -0.3 is 4.90 Å². The molecule has 1 aliphatic carbocycles. The smallest absolute Gasteiger partial charge is 0.152 e. The van der Waals surface area contributed by atoms with Gasteiger partial charge in [0, 0.05) is 32.0 Å². The molecule has 0 bridgehead atoms. The highest BCUT2D eigenvalue weighted by atomic mass is 32.2. The third-order valence-electron chi connectivity index (χ3n) is 4.48. The van der Waals surface area contributed by atoms with Gasteiger partial charge in [0.25, 0.3) is 0 Å². The highest BCUT2D eigenvalue weighted by Crippen LogP contribution is 2.30. The van der Waals surface area contributed by atoms with Gasteiger partial charge in [0.2, 0.25) is 0 Å². The van der Waals surface area contributed by atoms with Crippen LogP contribution in [0.1, 0.15) is 39.0 Å². The third kappa shape index (κ3) is 4.28. The molecule has 0 spiro atoms. The zero-order valence-electron chi connectivity index (χ0n) is 11.8. The van der Waals surface area contributed by atoms with E-state index < -0.39 is 9.84 Å². The van der Waals surface area contributed by atoms with Gasteiger partial charge >= 0.3 is 0 Å². The number of hydrogen-bond donors (Lipinski definition) is 0. The molecule has 2 aliphatic rings. The summed E-state index contributed by atoms with van der Waals surface area (Å²) in [5, 5.41) is 0. The van der Waals surface area contributed by atoms with Gasteiger partial charge in [0.15, 0.2) is 9.84 Å². The number of Topliss-reactive ketones (excluding diaryl/α,β-unsaturated/α-hetero) is 1. The number of hydrogen-bond acceptors (Lipinski definition) is 4. The minimum Gasteiger partial charge on any atom is -0.301 e. The van der Waals surface area contributed by atoms with Crippen molar-refractivity contribution < 1.29 is 13.2 Å². The van der Waals surface area contributed by atoms with Crippen molar-refractivity contribution >= 4 is 15.6 Å². The molecule has 0 aromatic heterocycles. The van der Waals surface area contributed by atoms with Crippen LogP contribution < -0.4 is 0 Å². The minimum absolute atomic E-state index is 0.145. The molecule has 110 valence electrons. The molecule has 5 heteroatoms. The number of carbonyl (C=O) groups is 1. The topological polar surface area (TPSA) is 54.5 Å². The molecule has 0 radical (unpaired) electrons. The Balaban J connectivity index is 1.85. The number of ketones is 1. The Kier molecular flexibility index (Phi) is 5.01. The standard InChI is InChI=1S/C14H25NO3S/c1-2-3-12-4-5-14(16)13(10-12)11-15-6-8-19(17,18)9-7-15/h12-13H,2-11H2,1H3. The Morgan fingerprint density at radius 1 is 1.26 bits per heavy atom. The van der Waals surface area contributed by atoms with Crippen molar-refractivity contribution in [3.8, 4) is 0 Å². The normalized spacial score (nSPS) is 32.4. The van der Waals surface area contributed by atoms with Gasteiger partial charge in [-0.15, -0.1) is 0 Å². The summed E-state index contributed by atoms with van der Waals surface area (Å²) in [5.74, 6) is 1.74. The van der Waals surface area contributed by atoms with E-state index in [0.717, 1.165) is 25.8 Å². The lowest BCUT2D eigenvalue weighted by Gasteiger charge is -2.34. The predicted octanol–water partition coefficient (Wildman–Crippen LogP) is 1.50. The second kappa shape index (κ2) is 6.35. The Hall–Kier alpha value is -0.420. The van der Waals surface area contributed by atoms with Gasteiger partial charge in [-0.25, -0.2) is 8.42 Å². The van der Waals surface area contributed by atoms with Gasteiger partial charge in [-0.3, -0.25) is 4.79 Å². The summed E-state index contributed by atoms with van der Waals surface area (Å²) in [6.45, 7) is 4.17. The summed E-state index contributed by atoms with van der Waals surface area (Å²) in [7, 11) is -2.82. The molecule has 19 heavy (non-hydrogen) atoms. The van der Waals surface area contributed by atoms with Crippen LogP contribution in [0.5, 0.6) is 0 Å². The fraction of sp³-hybridized carbons (Fsp3) is 0.929. The molecule has 0 N–H and O–H groups in total. The molecule has 1 saturated carbocycles. The zero-order valence-corrected chi connectivity index (χ0v) is 12.6. The second-order valence-electron chi connectivity index (χ2n) is 6.04. The van der Waals surface area contributed by atoms with Crippen LogP contribution in [-0.2, 0) is 14.6 Å². The van der Waals surface area contributed by atoms with Gasteiger partial charge in [-0.1, -0.05) is 19.8 Å². The van der Waals surface area contributed by atoms with E-state index in [4.69, 9.17) is 0 Å². The lowest BCUT2D eigenvalue weighted by molar-refractivity contribution is -0.126. The highest BCUT2D eigenvalue weighted by Gasteiger charge is 2.31. The summed E-state index contributed by atoms with van der Waals surface area (Å²) < 4.78 is 22.8. The van der Waals surface area contributed by atoms with Gasteiger partial charge in [0.05, 0.1) is 11.5 Å². The first-order valence-electron chi connectivity index (χ1n) is 7.45. The molecule has 2 atom stereocenters. The maximum Gasteiger partial charge on any atom is 0.152 e. The van der Waals surface area contributed by atoms with E-state index in [-0.39, 0.29) is 17.4 Å². The number of carbonyl (C=O) groups excluding carboxylic acids is 1. The summed E-state index contributed by atoms with van der Waals surface area (Å²) in [6, 6.07) is 0. The summed E-state index contributed by atoms with van der Waals surface area (Å²) in [6.07, 6.45) is 5.20. The van der Waals surface area contributed by atoms with Crippen molar-refractivity contribution in [1.29, 1.82) is 0 Å². The van der Waals surface area contributed by atoms with E-state index in [1.165, 1.54) is 12.8 Å². The summed E-state index contributed by atoms with van der Waals surface area (Å²) in [4.78, 5) is 14.2. The van der Waals surface area contributed by atoms with E-state index in [2.05, 4.69) is 11.8 Å². The Bertz CT molecular complexity index is 404. The van der Waals surface area contributed by atoms with E-state index in [0.29, 0.717) is 24.8 Å². The van der Waals surface area contributed by atoms with Crippen LogP contribution in [0.3, 0.4) is 0 Å². The van der Waals surface area contributed by atoms with E-state index in [9.17, 15) is 13.2 Å². The van der Waals surface area contributed by atoms with Crippen LogP contribution in [0, 0.1) is 11.8 Å². The molecule has 0 aromatic carbocycles. The van der Waals surface area contributed by atoms with Crippen molar-refractivity contribution in [3.63, 3.8) is 0 Å². The van der Waals surface area contributed by atoms with Crippen LogP contribution >= 0.6 is 0 Å². The van der Waals surface area contributed by atoms with Crippen molar-refractivity contribution in [1.82, 2.24) is 4.90 Å². The largest absolute Gasteiger partial charge is 0.301 e. The first-order valence-corrected chi connectivity index (χ1v) is 9.28. The average Bonchev–Trinajstić information content (AvgIpc) is 2.36. The highest BCUT2D eigenvalue weighted by molar-refractivity contribution is 7.91. The SMILES string of the molecule is CCCC1CCC(=O)C(CN2CCS(=O)(=O)CC2)C1. The molecule has 4 nitrogen and oxygen atoms in total. The van der Waals surface area contributed by atoms with Crippen LogP contribution in [0.4, 0.5) is 0 Å². The third-order valence-corrected chi connectivity index (χ3v) is 6.09. The fourth-order valence-corrected chi connectivity index (χ4v) is 4.57. The van der Waals surface area contributed by atoms with E-state index >= 15 is 0 Å². The molecule has 0 aromatic rings. The Morgan fingerprint density at radius 3 is 2.58 bits per heavy atom. The van der Waals surface area contributed by atoms with Gasteiger partial charge in [-0.05, 0) is 18.8 Å². The number of sulfone groups is 1. The van der Waals surface area contributed by atoms with Crippen molar-refractivity contribution in [2.24, 2.45) is 11.8 Å². The number of rotatable bonds is 4. The van der Waals surface area contributed by atoms with E-state index in [1.807, 2.05) is 0 Å².